The first-order valence-electron chi connectivity index (χ1n) is 30.3. The smallest absolute Gasteiger partial charge is 0.164 e. The molecule has 0 unspecified atom stereocenters. The molecule has 0 fully saturated rings. The van der Waals surface area contributed by atoms with E-state index in [-0.39, 0.29) is 21.7 Å². The molecule has 86 heavy (non-hydrogen) atoms. The second-order valence-electron chi connectivity index (χ2n) is 27.9. The van der Waals surface area contributed by atoms with Crippen molar-refractivity contribution in [2.45, 2.75) is 119 Å². The molecule has 6 nitrogen and oxygen atoms in total. The van der Waals surface area contributed by atoms with Crippen LogP contribution in [0.1, 0.15) is 116 Å². The number of pyridine rings is 1. The van der Waals surface area contributed by atoms with E-state index in [4.69, 9.17) is 19.9 Å². The highest BCUT2D eigenvalue weighted by Gasteiger charge is 2.28. The van der Waals surface area contributed by atoms with Crippen molar-refractivity contribution in [2.24, 2.45) is 0 Å². The molecular formula is C80H76N6. The summed E-state index contributed by atoms with van der Waals surface area (Å²) in [6, 6.07) is 71.8. The first-order chi connectivity index (χ1) is 40.9. The largest absolute Gasteiger partial charge is 0.309 e. The highest BCUT2D eigenvalue weighted by atomic mass is 15.0. The van der Waals surface area contributed by atoms with Crippen molar-refractivity contribution in [1.29, 1.82) is 0 Å². The quantitative estimate of drug-likeness (QED) is 0.152. The summed E-state index contributed by atoms with van der Waals surface area (Å²) in [5.41, 5.74) is 22.8. The lowest BCUT2D eigenvalue weighted by atomic mass is 9.79. The Hall–Kier alpha value is -9.26. The average molecular weight is 1120 g/mol. The maximum absolute atomic E-state index is 5.61. The van der Waals surface area contributed by atoms with Crippen molar-refractivity contribution in [3.8, 4) is 78.9 Å². The Morgan fingerprint density at radius 3 is 1.06 bits per heavy atom. The van der Waals surface area contributed by atoms with Crippen LogP contribution in [0.2, 0.25) is 0 Å². The lowest BCUT2D eigenvalue weighted by Gasteiger charge is -2.26. The summed E-state index contributed by atoms with van der Waals surface area (Å²) in [5.74, 6) is 1.86. The van der Waals surface area contributed by atoms with Crippen LogP contribution in [-0.4, -0.2) is 29.1 Å². The predicted octanol–water partition coefficient (Wildman–Crippen LogP) is 21.3. The lowest BCUT2D eigenvalue weighted by Crippen LogP contribution is -2.17. The molecule has 13 aromatic rings. The summed E-state index contributed by atoms with van der Waals surface area (Å²) in [4.78, 5) is 21.8. The van der Waals surface area contributed by atoms with Crippen LogP contribution >= 0.6 is 0 Å². The second kappa shape index (κ2) is 20.8. The summed E-state index contributed by atoms with van der Waals surface area (Å²) >= 11 is 0. The number of aryl methyl sites for hydroxylation is 2. The Balaban J connectivity index is 1.12. The highest BCUT2D eigenvalue weighted by Crippen LogP contribution is 2.45. The van der Waals surface area contributed by atoms with Gasteiger partial charge in [-0.05, 0) is 177 Å². The number of fused-ring (bicyclic) bond motifs is 6. The third-order valence-corrected chi connectivity index (χ3v) is 17.4. The summed E-state index contributed by atoms with van der Waals surface area (Å²) in [6.45, 7) is 31.8. The van der Waals surface area contributed by atoms with Gasteiger partial charge in [0.05, 0.1) is 33.4 Å². The molecule has 0 saturated heterocycles. The molecule has 0 aliphatic carbocycles. The van der Waals surface area contributed by atoms with Crippen LogP contribution in [0.4, 0.5) is 0 Å². The zero-order valence-corrected chi connectivity index (χ0v) is 52.3. The van der Waals surface area contributed by atoms with Gasteiger partial charge in [-0.15, -0.1) is 0 Å². The zero-order chi connectivity index (χ0) is 60.2. The van der Waals surface area contributed by atoms with E-state index >= 15 is 0 Å². The molecule has 0 N–H and O–H groups in total. The number of nitrogens with zero attached hydrogens (tertiary/aromatic N) is 6. The van der Waals surface area contributed by atoms with Gasteiger partial charge in [0, 0.05) is 61.8 Å². The van der Waals surface area contributed by atoms with E-state index in [1.54, 1.807) is 0 Å². The Labute approximate surface area is 507 Å². The van der Waals surface area contributed by atoms with Crippen molar-refractivity contribution in [3.05, 3.63) is 240 Å². The van der Waals surface area contributed by atoms with E-state index in [1.807, 2.05) is 6.20 Å². The number of aromatic nitrogens is 6. The van der Waals surface area contributed by atoms with Crippen LogP contribution in [0.3, 0.4) is 0 Å². The molecule has 0 aliphatic rings. The molecule has 4 aromatic heterocycles. The molecule has 9 aromatic carbocycles. The minimum atomic E-state index is -0.127. The molecule has 0 aliphatic heterocycles. The first-order valence-corrected chi connectivity index (χ1v) is 30.3. The second-order valence-corrected chi connectivity index (χ2v) is 27.9. The van der Waals surface area contributed by atoms with Crippen LogP contribution in [0.15, 0.2) is 207 Å². The molecule has 6 heteroatoms. The van der Waals surface area contributed by atoms with Gasteiger partial charge in [-0.2, -0.15) is 0 Å². The average Bonchev–Trinajstić information content (AvgIpc) is 1.75. The normalized spacial score (nSPS) is 12.5. The first kappa shape index (κ1) is 55.9. The van der Waals surface area contributed by atoms with E-state index in [2.05, 4.69) is 306 Å². The summed E-state index contributed by atoms with van der Waals surface area (Å²) in [7, 11) is 0. The molecule has 13 rings (SSSR count). The van der Waals surface area contributed by atoms with E-state index in [0.717, 1.165) is 61.3 Å². The molecule has 0 saturated carbocycles. The molecule has 0 atom stereocenters. The van der Waals surface area contributed by atoms with Crippen LogP contribution in [-0.2, 0) is 21.7 Å². The third-order valence-electron chi connectivity index (χ3n) is 17.4. The van der Waals surface area contributed by atoms with Gasteiger partial charge in [-0.1, -0.05) is 191 Å². The lowest BCUT2D eigenvalue weighted by molar-refractivity contribution is 0.568. The maximum Gasteiger partial charge on any atom is 0.164 e. The minimum Gasteiger partial charge on any atom is -0.309 e. The van der Waals surface area contributed by atoms with Gasteiger partial charge in [-0.3, -0.25) is 4.98 Å². The minimum absolute atomic E-state index is 0.127. The monoisotopic (exact) mass is 1120 g/mol. The van der Waals surface area contributed by atoms with Gasteiger partial charge in [0.25, 0.3) is 0 Å². The fourth-order valence-electron chi connectivity index (χ4n) is 12.3. The van der Waals surface area contributed by atoms with Crippen molar-refractivity contribution < 1.29 is 0 Å². The maximum atomic E-state index is 5.61. The van der Waals surface area contributed by atoms with Crippen LogP contribution in [0.25, 0.3) is 123 Å². The fourth-order valence-corrected chi connectivity index (χ4v) is 12.3. The predicted molar refractivity (Wildman–Crippen MR) is 363 cm³/mol. The summed E-state index contributed by atoms with van der Waals surface area (Å²) < 4.78 is 4.90. The van der Waals surface area contributed by atoms with E-state index in [9.17, 15) is 0 Å². The van der Waals surface area contributed by atoms with Gasteiger partial charge in [-0.25, -0.2) is 15.0 Å². The Kier molecular flexibility index (Phi) is 13.5. The molecular weight excluding hydrogens is 1040 g/mol. The summed E-state index contributed by atoms with van der Waals surface area (Å²) in [5, 5.41) is 4.76. The van der Waals surface area contributed by atoms with Crippen molar-refractivity contribution in [3.63, 3.8) is 0 Å². The number of hydrogen-bond donors (Lipinski definition) is 0. The standard InChI is InChI=1S/C80H76N6/c1-49-25-30-68-62(37-49)63-38-50(2)26-31-69(63)85(68)72-34-29-55(74-82-75(56-39-58(77(3,4)5)46-59(40-56)78(6,7)8)84-76(83-74)57-41-60(79(9,10)11)47-61(42-57)80(12,13)14)45-66(72)67-48-81-36-35-73(67)86-70-32-27-53(51-21-17-15-18-22-51)43-64(70)65-44-54(28-33-71(65)86)52-23-19-16-20-24-52/h15-48H,1-14H3. The number of hydrogen-bond acceptors (Lipinski definition) is 4. The van der Waals surface area contributed by atoms with E-state index in [1.165, 1.54) is 77.2 Å². The number of rotatable bonds is 8. The Morgan fingerprint density at radius 2 is 0.651 bits per heavy atom. The van der Waals surface area contributed by atoms with Crippen molar-refractivity contribution in [1.82, 2.24) is 29.1 Å². The van der Waals surface area contributed by atoms with Crippen LogP contribution < -0.4 is 0 Å². The van der Waals surface area contributed by atoms with Gasteiger partial charge in [0.2, 0.25) is 0 Å². The van der Waals surface area contributed by atoms with Crippen LogP contribution in [0, 0.1) is 13.8 Å². The molecule has 0 spiro atoms. The Morgan fingerprint density at radius 1 is 0.291 bits per heavy atom. The SMILES string of the molecule is Cc1ccc2c(c1)c1cc(C)ccc1n2-c1ccc(-c2nc(-c3cc(C(C)(C)C)cc(C(C)(C)C)c3)nc(-c3cc(C(C)(C)C)cc(C(C)(C)C)c3)n2)cc1-c1cnccc1-n1c2ccc(-c3ccccc3)cc2c2cc(-c3ccccc3)ccc21. The van der Waals surface area contributed by atoms with E-state index < -0.39 is 0 Å². The van der Waals surface area contributed by atoms with Crippen LogP contribution in [0.5, 0.6) is 0 Å². The van der Waals surface area contributed by atoms with Gasteiger partial charge >= 0.3 is 0 Å². The van der Waals surface area contributed by atoms with E-state index in [0.29, 0.717) is 17.5 Å². The summed E-state index contributed by atoms with van der Waals surface area (Å²) in [6.07, 6.45) is 3.99. The van der Waals surface area contributed by atoms with Gasteiger partial charge in [0.15, 0.2) is 17.5 Å². The van der Waals surface area contributed by atoms with Crippen molar-refractivity contribution in [2.75, 3.05) is 0 Å². The zero-order valence-electron chi connectivity index (χ0n) is 52.3. The van der Waals surface area contributed by atoms with Gasteiger partial charge < -0.3 is 9.13 Å². The number of benzene rings is 9. The van der Waals surface area contributed by atoms with Crippen molar-refractivity contribution >= 4 is 43.6 Å². The molecule has 0 radical (unpaired) electrons. The fraction of sp³-hybridized carbons (Fsp3) is 0.225. The molecule has 4 heterocycles. The molecule has 0 bridgehead atoms. The molecule has 426 valence electrons. The molecule has 0 amide bonds. The topological polar surface area (TPSA) is 61.4 Å². The van der Waals surface area contributed by atoms with Gasteiger partial charge in [0.1, 0.15) is 0 Å². The Bertz CT molecular complexity index is 4480. The highest BCUT2D eigenvalue weighted by molar-refractivity contribution is 6.13. The third kappa shape index (κ3) is 10.3.